The van der Waals surface area contributed by atoms with Crippen molar-refractivity contribution in [3.8, 4) is 5.75 Å². The highest BCUT2D eigenvalue weighted by Crippen LogP contribution is 2.26. The smallest absolute Gasteiger partial charge is 0.242 e. The van der Waals surface area contributed by atoms with Crippen LogP contribution in [0, 0.1) is 5.92 Å². The second-order valence-electron chi connectivity index (χ2n) is 6.34. The monoisotopic (exact) mass is 318 g/mol. The van der Waals surface area contributed by atoms with E-state index in [0.29, 0.717) is 17.9 Å². The van der Waals surface area contributed by atoms with E-state index in [9.17, 15) is 14.7 Å². The predicted octanol–water partition coefficient (Wildman–Crippen LogP) is 2.48. The van der Waals surface area contributed by atoms with Crippen molar-refractivity contribution in [2.75, 3.05) is 0 Å². The predicted molar refractivity (Wildman–Crippen MR) is 88.8 cm³/mol. The lowest BCUT2D eigenvalue weighted by molar-refractivity contribution is -0.129. The molecule has 0 aromatic heterocycles. The van der Waals surface area contributed by atoms with Gasteiger partial charge in [-0.3, -0.25) is 9.59 Å². The molecule has 23 heavy (non-hydrogen) atoms. The van der Waals surface area contributed by atoms with Gasteiger partial charge in [-0.05, 0) is 31.7 Å². The number of nitrogens with one attached hydrogen (secondary N) is 2. The Balaban J connectivity index is 1.73. The molecule has 1 atom stereocenters. The number of amides is 2. The molecule has 0 heterocycles. The van der Waals surface area contributed by atoms with Gasteiger partial charge in [-0.1, -0.05) is 37.5 Å². The maximum absolute atomic E-state index is 12.0. The van der Waals surface area contributed by atoms with Crippen LogP contribution in [0.3, 0.4) is 0 Å². The van der Waals surface area contributed by atoms with E-state index in [-0.39, 0.29) is 24.1 Å². The average molecular weight is 318 g/mol. The fraction of sp³-hybridized carbons (Fsp3) is 0.556. The molecule has 126 valence electrons. The Morgan fingerprint density at radius 3 is 2.61 bits per heavy atom. The molecule has 1 aliphatic rings. The topological polar surface area (TPSA) is 78.4 Å². The van der Waals surface area contributed by atoms with Gasteiger partial charge in [-0.2, -0.15) is 0 Å². The van der Waals surface area contributed by atoms with Crippen molar-refractivity contribution >= 4 is 11.8 Å². The molecule has 0 bridgehead atoms. The summed E-state index contributed by atoms with van der Waals surface area (Å²) in [5, 5.41) is 15.2. The van der Waals surface area contributed by atoms with Gasteiger partial charge in [0.15, 0.2) is 0 Å². The number of benzene rings is 1. The fourth-order valence-electron chi connectivity index (χ4n) is 3.02. The van der Waals surface area contributed by atoms with Gasteiger partial charge >= 0.3 is 0 Å². The zero-order chi connectivity index (χ0) is 16.7. The normalized spacial score (nSPS) is 16.6. The van der Waals surface area contributed by atoms with Crippen molar-refractivity contribution in [3.05, 3.63) is 29.8 Å². The highest BCUT2D eigenvalue weighted by atomic mass is 16.3. The molecule has 5 heteroatoms. The Labute approximate surface area is 137 Å². The van der Waals surface area contributed by atoms with Crippen LogP contribution < -0.4 is 10.6 Å². The van der Waals surface area contributed by atoms with Crippen molar-refractivity contribution in [2.45, 2.75) is 58.0 Å². The van der Waals surface area contributed by atoms with Gasteiger partial charge in [0.2, 0.25) is 11.8 Å². The third kappa shape index (κ3) is 5.58. The van der Waals surface area contributed by atoms with E-state index in [2.05, 4.69) is 10.6 Å². The quantitative estimate of drug-likeness (QED) is 0.754. The van der Waals surface area contributed by atoms with E-state index in [1.807, 2.05) is 0 Å². The van der Waals surface area contributed by atoms with Gasteiger partial charge < -0.3 is 15.7 Å². The van der Waals surface area contributed by atoms with Crippen molar-refractivity contribution in [2.24, 2.45) is 5.92 Å². The number of rotatable bonds is 6. The summed E-state index contributed by atoms with van der Waals surface area (Å²) < 4.78 is 0. The lowest BCUT2D eigenvalue weighted by atomic mass is 9.87. The Hall–Kier alpha value is -2.04. The Bertz CT molecular complexity index is 539. The molecule has 0 unspecified atom stereocenters. The van der Waals surface area contributed by atoms with Crippen molar-refractivity contribution in [1.29, 1.82) is 0 Å². The van der Waals surface area contributed by atoms with Crippen molar-refractivity contribution in [3.63, 3.8) is 0 Å². The first kappa shape index (κ1) is 17.3. The summed E-state index contributed by atoms with van der Waals surface area (Å²) in [6.45, 7) is 1.92. The lowest BCUT2D eigenvalue weighted by Gasteiger charge is -2.22. The van der Waals surface area contributed by atoms with Crippen LogP contribution in [0.1, 0.15) is 51.0 Å². The zero-order valence-electron chi connectivity index (χ0n) is 13.7. The second kappa shape index (κ2) is 8.56. The molecule has 1 aromatic rings. The van der Waals surface area contributed by atoms with E-state index < -0.39 is 6.04 Å². The highest BCUT2D eigenvalue weighted by molar-refractivity contribution is 5.87. The third-order valence-electron chi connectivity index (χ3n) is 4.41. The average Bonchev–Trinajstić information content (AvgIpc) is 2.54. The largest absolute Gasteiger partial charge is 0.508 e. The van der Waals surface area contributed by atoms with E-state index in [4.69, 9.17) is 0 Å². The Morgan fingerprint density at radius 1 is 1.22 bits per heavy atom. The molecule has 1 aromatic carbocycles. The molecular weight excluding hydrogens is 292 g/mol. The summed E-state index contributed by atoms with van der Waals surface area (Å²) >= 11 is 0. The van der Waals surface area contributed by atoms with Crippen LogP contribution in [0.25, 0.3) is 0 Å². The number of carbonyl (C=O) groups is 2. The maximum atomic E-state index is 12.0. The van der Waals surface area contributed by atoms with Gasteiger partial charge in [0.25, 0.3) is 0 Å². The zero-order valence-corrected chi connectivity index (χ0v) is 13.7. The summed E-state index contributed by atoms with van der Waals surface area (Å²) in [4.78, 5) is 24.1. The van der Waals surface area contributed by atoms with Crippen LogP contribution in [0.4, 0.5) is 0 Å². The van der Waals surface area contributed by atoms with Crippen molar-refractivity contribution in [1.82, 2.24) is 10.6 Å². The molecule has 1 fully saturated rings. The Morgan fingerprint density at radius 2 is 1.91 bits per heavy atom. The molecule has 1 saturated carbocycles. The molecule has 1 aliphatic carbocycles. The second-order valence-corrected chi connectivity index (χ2v) is 6.34. The first-order valence-corrected chi connectivity index (χ1v) is 8.40. The summed E-state index contributed by atoms with van der Waals surface area (Å²) in [5.41, 5.74) is 0.654. The molecule has 0 radical (unpaired) electrons. The molecule has 5 nitrogen and oxygen atoms in total. The maximum Gasteiger partial charge on any atom is 0.242 e. The summed E-state index contributed by atoms with van der Waals surface area (Å²) in [7, 11) is 0. The first-order chi connectivity index (χ1) is 11.1. The number of para-hydroxylation sites is 1. The van der Waals surface area contributed by atoms with Crippen LogP contribution in [0.15, 0.2) is 24.3 Å². The van der Waals surface area contributed by atoms with E-state index in [1.54, 1.807) is 31.2 Å². The van der Waals surface area contributed by atoms with Crippen LogP contribution >= 0.6 is 0 Å². The van der Waals surface area contributed by atoms with E-state index in [0.717, 1.165) is 12.8 Å². The number of hydrogen-bond donors (Lipinski definition) is 3. The van der Waals surface area contributed by atoms with Crippen LogP contribution in [0.2, 0.25) is 0 Å². The minimum atomic E-state index is -0.572. The van der Waals surface area contributed by atoms with Crippen LogP contribution in [-0.2, 0) is 16.1 Å². The molecule has 0 saturated heterocycles. The summed E-state index contributed by atoms with van der Waals surface area (Å²) in [5.74, 6) is 0.314. The molecule has 2 amide bonds. The molecular formula is C18H26N2O3. The summed E-state index contributed by atoms with van der Waals surface area (Å²) in [6.07, 6.45) is 6.41. The molecule has 2 rings (SSSR count). The van der Waals surface area contributed by atoms with E-state index >= 15 is 0 Å². The molecule has 0 spiro atoms. The van der Waals surface area contributed by atoms with Gasteiger partial charge in [0.05, 0.1) is 0 Å². The van der Waals surface area contributed by atoms with Gasteiger partial charge in [-0.15, -0.1) is 0 Å². The van der Waals surface area contributed by atoms with Crippen LogP contribution in [-0.4, -0.2) is 23.0 Å². The standard InChI is InChI=1S/C18H26N2O3/c1-13(20-17(22)11-14-7-3-2-4-8-14)18(23)19-12-15-9-5-6-10-16(15)21/h5-6,9-10,13-14,21H,2-4,7-8,11-12H2,1H3,(H,19,23)(H,20,22)/t13-/m0/s1. The highest BCUT2D eigenvalue weighted by Gasteiger charge is 2.20. The molecule has 3 N–H and O–H groups in total. The number of carbonyl (C=O) groups excluding carboxylic acids is 2. The minimum Gasteiger partial charge on any atom is -0.508 e. The Kier molecular flexibility index (Phi) is 6.44. The minimum absolute atomic E-state index is 0.0536. The lowest BCUT2D eigenvalue weighted by Crippen LogP contribution is -2.45. The van der Waals surface area contributed by atoms with Crippen LogP contribution in [0.5, 0.6) is 5.75 Å². The molecule has 0 aliphatic heterocycles. The fourth-order valence-corrected chi connectivity index (χ4v) is 3.02. The first-order valence-electron chi connectivity index (χ1n) is 8.40. The number of aromatic hydroxyl groups is 1. The number of hydrogen-bond acceptors (Lipinski definition) is 3. The number of phenols is 1. The van der Waals surface area contributed by atoms with Crippen molar-refractivity contribution < 1.29 is 14.7 Å². The third-order valence-corrected chi connectivity index (χ3v) is 4.41. The SMILES string of the molecule is C[C@H](NC(=O)CC1CCCCC1)C(=O)NCc1ccccc1O. The number of phenolic OH excluding ortho intramolecular Hbond substituents is 1. The van der Waals surface area contributed by atoms with Gasteiger partial charge in [0.1, 0.15) is 11.8 Å². The summed E-state index contributed by atoms with van der Waals surface area (Å²) in [6, 6.07) is 6.29. The van der Waals surface area contributed by atoms with Gasteiger partial charge in [-0.25, -0.2) is 0 Å². The van der Waals surface area contributed by atoms with Gasteiger partial charge in [0, 0.05) is 18.5 Å². The van der Waals surface area contributed by atoms with E-state index in [1.165, 1.54) is 19.3 Å².